The lowest BCUT2D eigenvalue weighted by molar-refractivity contribution is 0.0476. The number of aromatic nitrogens is 1. The van der Waals surface area contributed by atoms with Crippen LogP contribution in [0.25, 0.3) is 10.9 Å². The van der Waals surface area contributed by atoms with Gasteiger partial charge in [0.2, 0.25) is 5.56 Å². The molecule has 0 bridgehead atoms. The van der Waals surface area contributed by atoms with Crippen molar-refractivity contribution in [3.8, 4) is 5.75 Å². The highest BCUT2D eigenvalue weighted by atomic mass is 16.5. The molecule has 1 N–H and O–H groups in total. The van der Waals surface area contributed by atoms with E-state index in [2.05, 4.69) is 46.5 Å². The van der Waals surface area contributed by atoms with Gasteiger partial charge in [-0.2, -0.15) is 0 Å². The van der Waals surface area contributed by atoms with Gasteiger partial charge in [0, 0.05) is 12.1 Å². The smallest absolute Gasteiger partial charge is 0.248 e. The van der Waals surface area contributed by atoms with Gasteiger partial charge in [0.15, 0.2) is 0 Å². The van der Waals surface area contributed by atoms with E-state index in [-0.39, 0.29) is 22.5 Å². The molecule has 1 unspecified atom stereocenters. The Hall–Kier alpha value is -1.77. The molecule has 0 aliphatic heterocycles. The maximum absolute atomic E-state index is 11.5. The lowest BCUT2D eigenvalue weighted by Gasteiger charge is -2.42. The van der Waals surface area contributed by atoms with Gasteiger partial charge in [-0.25, -0.2) is 0 Å². The van der Waals surface area contributed by atoms with E-state index in [1.54, 1.807) is 6.07 Å². The van der Waals surface area contributed by atoms with E-state index in [4.69, 9.17) is 4.74 Å². The number of benzene rings is 1. The van der Waals surface area contributed by atoms with Crippen LogP contribution in [0.5, 0.6) is 5.75 Å². The highest BCUT2D eigenvalue weighted by molar-refractivity contribution is 5.79. The Balaban J connectivity index is 2.14. The summed E-state index contributed by atoms with van der Waals surface area (Å²) in [5.74, 6) is 0.803. The van der Waals surface area contributed by atoms with Gasteiger partial charge in [-0.15, -0.1) is 0 Å². The third kappa shape index (κ3) is 3.95. The molecule has 2 aromatic rings. The van der Waals surface area contributed by atoms with Crippen LogP contribution in [0.3, 0.4) is 0 Å². The predicted molar refractivity (Wildman–Crippen MR) is 97.1 cm³/mol. The summed E-state index contributed by atoms with van der Waals surface area (Å²) in [6.07, 6.45) is 2.24. The van der Waals surface area contributed by atoms with Crippen LogP contribution >= 0.6 is 0 Å². The first-order valence-electron chi connectivity index (χ1n) is 8.44. The minimum atomic E-state index is -0.0893. The van der Waals surface area contributed by atoms with Crippen LogP contribution in [-0.4, -0.2) is 11.1 Å². The fraction of sp³-hybridized carbons (Fsp3) is 0.550. The Morgan fingerprint density at radius 3 is 2.39 bits per heavy atom. The van der Waals surface area contributed by atoms with Crippen molar-refractivity contribution in [1.82, 2.24) is 4.98 Å². The average Bonchev–Trinajstić information content (AvgIpc) is 2.45. The molecule has 0 aliphatic carbocycles. The number of aromatic amines is 1. The van der Waals surface area contributed by atoms with Gasteiger partial charge in [-0.05, 0) is 47.8 Å². The maximum atomic E-state index is 11.5. The quantitative estimate of drug-likeness (QED) is 0.801. The van der Waals surface area contributed by atoms with Crippen molar-refractivity contribution < 1.29 is 4.74 Å². The summed E-state index contributed by atoms with van der Waals surface area (Å²) in [6, 6.07) is 9.23. The number of pyridine rings is 1. The molecule has 1 heterocycles. The minimum absolute atomic E-state index is 0.0893. The van der Waals surface area contributed by atoms with E-state index in [9.17, 15) is 4.79 Å². The zero-order valence-corrected chi connectivity index (χ0v) is 15.2. The van der Waals surface area contributed by atoms with Gasteiger partial charge in [0.05, 0.1) is 11.6 Å². The maximum Gasteiger partial charge on any atom is 0.248 e. The van der Waals surface area contributed by atoms with Gasteiger partial charge in [-0.3, -0.25) is 4.79 Å². The molecule has 3 heteroatoms. The summed E-state index contributed by atoms with van der Waals surface area (Å²) in [5.41, 5.74) is 1.18. The van der Waals surface area contributed by atoms with Crippen molar-refractivity contribution in [2.45, 2.75) is 60.5 Å². The highest BCUT2D eigenvalue weighted by Gasteiger charge is 2.36. The Morgan fingerprint density at radius 2 is 1.74 bits per heavy atom. The molecule has 0 amide bonds. The second-order valence-electron chi connectivity index (χ2n) is 7.83. The average molecular weight is 315 g/mol. The van der Waals surface area contributed by atoms with Crippen LogP contribution < -0.4 is 10.3 Å². The molecule has 1 aromatic carbocycles. The normalized spacial score (nSPS) is 14.0. The number of ether oxygens (including phenoxy) is 1. The minimum Gasteiger partial charge on any atom is -0.491 e. The number of fused-ring (bicyclic) bond motifs is 1. The summed E-state index contributed by atoms with van der Waals surface area (Å²) in [6.45, 7) is 13.6. The van der Waals surface area contributed by atoms with Crippen molar-refractivity contribution in [2.75, 3.05) is 0 Å². The van der Waals surface area contributed by atoms with E-state index in [1.807, 2.05) is 24.3 Å². The standard InChI is InChI=1S/C20H29NO2/c1-7-19(3,4)20(5,6)13-14(2)23-16-10-8-15-9-11-18(22)21-17(15)12-16/h8-12,14H,7,13H2,1-6H3,(H,21,22). The van der Waals surface area contributed by atoms with Crippen molar-refractivity contribution in [3.05, 3.63) is 40.7 Å². The first kappa shape index (κ1) is 17.6. The molecule has 1 atom stereocenters. The van der Waals surface area contributed by atoms with E-state index >= 15 is 0 Å². The molecule has 0 spiro atoms. The molecular formula is C20H29NO2. The number of rotatable bonds is 6. The summed E-state index contributed by atoms with van der Waals surface area (Å²) in [7, 11) is 0. The van der Waals surface area contributed by atoms with Crippen molar-refractivity contribution in [2.24, 2.45) is 10.8 Å². The summed E-state index contributed by atoms with van der Waals surface area (Å²) in [4.78, 5) is 14.3. The second-order valence-corrected chi connectivity index (χ2v) is 7.83. The van der Waals surface area contributed by atoms with E-state index in [1.165, 1.54) is 0 Å². The van der Waals surface area contributed by atoms with Crippen molar-refractivity contribution in [1.29, 1.82) is 0 Å². The van der Waals surface area contributed by atoms with Gasteiger partial charge < -0.3 is 9.72 Å². The van der Waals surface area contributed by atoms with Crippen LogP contribution in [0.2, 0.25) is 0 Å². The van der Waals surface area contributed by atoms with Gasteiger partial charge in [0.1, 0.15) is 5.75 Å². The first-order valence-corrected chi connectivity index (χ1v) is 8.44. The number of H-pyrrole nitrogens is 1. The van der Waals surface area contributed by atoms with Gasteiger partial charge >= 0.3 is 0 Å². The molecule has 0 radical (unpaired) electrons. The van der Waals surface area contributed by atoms with Crippen LogP contribution in [0.15, 0.2) is 35.1 Å². The van der Waals surface area contributed by atoms with Crippen LogP contribution in [0, 0.1) is 10.8 Å². The van der Waals surface area contributed by atoms with E-state index in [0.29, 0.717) is 0 Å². The molecule has 0 saturated carbocycles. The van der Waals surface area contributed by atoms with E-state index in [0.717, 1.165) is 29.5 Å². The molecule has 126 valence electrons. The Morgan fingerprint density at radius 1 is 1.09 bits per heavy atom. The molecule has 1 aromatic heterocycles. The van der Waals surface area contributed by atoms with Gasteiger partial charge in [-0.1, -0.05) is 41.0 Å². The number of hydrogen-bond donors (Lipinski definition) is 1. The Kier molecular flexibility index (Phi) is 4.88. The van der Waals surface area contributed by atoms with E-state index < -0.39 is 0 Å². The molecule has 0 saturated heterocycles. The summed E-state index contributed by atoms with van der Waals surface area (Å²) in [5, 5.41) is 1.01. The molecular weight excluding hydrogens is 286 g/mol. The lowest BCUT2D eigenvalue weighted by atomic mass is 9.64. The second kappa shape index (κ2) is 6.38. The topological polar surface area (TPSA) is 42.1 Å². The number of hydrogen-bond acceptors (Lipinski definition) is 2. The third-order valence-corrected chi connectivity index (χ3v) is 5.55. The third-order valence-electron chi connectivity index (χ3n) is 5.55. The predicted octanol–water partition coefficient (Wildman–Crippen LogP) is 5.15. The van der Waals surface area contributed by atoms with Crippen LogP contribution in [0.1, 0.15) is 54.4 Å². The molecule has 0 aliphatic rings. The highest BCUT2D eigenvalue weighted by Crippen LogP contribution is 2.44. The Labute approximate surface area is 139 Å². The first-order chi connectivity index (χ1) is 10.6. The molecule has 2 rings (SSSR count). The largest absolute Gasteiger partial charge is 0.491 e. The van der Waals surface area contributed by atoms with Crippen molar-refractivity contribution in [3.63, 3.8) is 0 Å². The van der Waals surface area contributed by atoms with Crippen molar-refractivity contribution >= 4 is 10.9 Å². The fourth-order valence-electron chi connectivity index (χ4n) is 2.95. The molecule has 3 nitrogen and oxygen atoms in total. The summed E-state index contributed by atoms with van der Waals surface area (Å²) >= 11 is 0. The zero-order chi connectivity index (χ0) is 17.3. The Bertz CT molecular complexity index is 728. The van der Waals surface area contributed by atoms with Gasteiger partial charge in [0.25, 0.3) is 0 Å². The molecule has 0 fully saturated rings. The van der Waals surface area contributed by atoms with Crippen LogP contribution in [-0.2, 0) is 0 Å². The lowest BCUT2D eigenvalue weighted by Crippen LogP contribution is -2.36. The SMILES string of the molecule is CCC(C)(C)C(C)(C)CC(C)Oc1ccc2ccc(=O)[nH]c2c1. The number of nitrogens with one attached hydrogen (secondary N) is 1. The zero-order valence-electron chi connectivity index (χ0n) is 15.2. The monoisotopic (exact) mass is 315 g/mol. The summed E-state index contributed by atoms with van der Waals surface area (Å²) < 4.78 is 6.12. The fourth-order valence-corrected chi connectivity index (χ4v) is 2.95. The molecule has 23 heavy (non-hydrogen) atoms. The van der Waals surface area contributed by atoms with Crippen LogP contribution in [0.4, 0.5) is 0 Å².